The molecule has 1 aromatic heterocycles. The fourth-order valence-corrected chi connectivity index (χ4v) is 4.63. The first-order chi connectivity index (χ1) is 11.7. The largest absolute Gasteiger partial charge is 0.369 e. The van der Waals surface area contributed by atoms with E-state index in [9.17, 15) is 4.79 Å². The van der Waals surface area contributed by atoms with Crippen molar-refractivity contribution in [3.8, 4) is 0 Å². The van der Waals surface area contributed by atoms with Gasteiger partial charge in [-0.2, -0.15) is 0 Å². The quantitative estimate of drug-likeness (QED) is 0.819. The van der Waals surface area contributed by atoms with Crippen LogP contribution in [0.3, 0.4) is 0 Å². The number of thiophene rings is 1. The summed E-state index contributed by atoms with van der Waals surface area (Å²) in [6.45, 7) is 5.48. The van der Waals surface area contributed by atoms with Gasteiger partial charge in [-0.3, -0.25) is 19.4 Å². The summed E-state index contributed by atoms with van der Waals surface area (Å²) in [6, 6.07) is 4.05. The van der Waals surface area contributed by atoms with E-state index in [2.05, 4.69) is 27.3 Å². The zero-order chi connectivity index (χ0) is 16.6. The van der Waals surface area contributed by atoms with Gasteiger partial charge in [-0.25, -0.2) is 5.06 Å². The predicted molar refractivity (Wildman–Crippen MR) is 91.6 cm³/mol. The van der Waals surface area contributed by atoms with Gasteiger partial charge in [-0.15, -0.1) is 11.3 Å². The van der Waals surface area contributed by atoms with Crippen molar-refractivity contribution in [3.05, 3.63) is 22.4 Å². The summed E-state index contributed by atoms with van der Waals surface area (Å²) < 4.78 is 6.16. The summed E-state index contributed by atoms with van der Waals surface area (Å²) in [5.41, 5.74) is -0.106. The molecule has 6 nitrogen and oxygen atoms in total. The Balaban J connectivity index is 1.30. The minimum Gasteiger partial charge on any atom is -0.369 e. The lowest BCUT2D eigenvalue weighted by atomic mass is 9.90. The fraction of sp³-hybridized carbons (Fsp3) is 0.706. The summed E-state index contributed by atoms with van der Waals surface area (Å²) in [6.07, 6.45) is 2.05. The fourth-order valence-electron chi connectivity index (χ4n) is 3.88. The van der Waals surface area contributed by atoms with Crippen molar-refractivity contribution in [2.45, 2.75) is 31.0 Å². The molecule has 1 unspecified atom stereocenters. The molecule has 132 valence electrons. The van der Waals surface area contributed by atoms with Gasteiger partial charge in [-0.05, 0) is 31.3 Å². The van der Waals surface area contributed by atoms with Crippen molar-refractivity contribution in [3.63, 3.8) is 0 Å². The van der Waals surface area contributed by atoms with Crippen LogP contribution < -0.4 is 0 Å². The molecule has 1 spiro atoms. The topological polar surface area (TPSA) is 45.2 Å². The van der Waals surface area contributed by atoms with E-state index in [0.717, 1.165) is 39.0 Å². The summed E-state index contributed by atoms with van der Waals surface area (Å²) >= 11 is 1.80. The third-order valence-electron chi connectivity index (χ3n) is 5.13. The summed E-state index contributed by atoms with van der Waals surface area (Å²) in [4.78, 5) is 24.1. The van der Waals surface area contributed by atoms with Crippen LogP contribution in [0.25, 0.3) is 0 Å². The first-order valence-corrected chi connectivity index (χ1v) is 9.56. The van der Waals surface area contributed by atoms with Gasteiger partial charge >= 0.3 is 0 Å². The van der Waals surface area contributed by atoms with Crippen molar-refractivity contribution in [1.82, 2.24) is 14.9 Å². The third-order valence-corrected chi connectivity index (χ3v) is 5.99. The molecule has 0 aliphatic carbocycles. The van der Waals surface area contributed by atoms with Gasteiger partial charge in [0.25, 0.3) is 5.91 Å². The van der Waals surface area contributed by atoms with E-state index in [-0.39, 0.29) is 17.6 Å². The Labute approximate surface area is 146 Å². The predicted octanol–water partition coefficient (Wildman–Crippen LogP) is 1.19. The lowest BCUT2D eigenvalue weighted by Crippen LogP contribution is -2.72. The van der Waals surface area contributed by atoms with E-state index in [1.54, 1.807) is 11.3 Å². The molecule has 24 heavy (non-hydrogen) atoms. The van der Waals surface area contributed by atoms with Crippen molar-refractivity contribution in [1.29, 1.82) is 0 Å². The molecule has 0 bridgehead atoms. The number of rotatable bonds is 3. The Kier molecular flexibility index (Phi) is 4.62. The minimum atomic E-state index is -0.222. The van der Waals surface area contributed by atoms with Crippen LogP contribution in [0, 0.1) is 0 Å². The monoisotopic (exact) mass is 351 g/mol. The van der Waals surface area contributed by atoms with E-state index in [4.69, 9.17) is 9.57 Å². The smallest absolute Gasteiger partial charge is 0.265 e. The number of hydroxylamine groups is 2. The van der Waals surface area contributed by atoms with Gasteiger partial charge in [-0.1, -0.05) is 6.07 Å². The van der Waals surface area contributed by atoms with Crippen LogP contribution in [-0.2, 0) is 20.9 Å². The number of ether oxygens (including phenoxy) is 1. The molecule has 3 saturated heterocycles. The number of hydrogen-bond acceptors (Lipinski definition) is 6. The van der Waals surface area contributed by atoms with Gasteiger partial charge in [0.1, 0.15) is 11.6 Å². The maximum atomic E-state index is 12.6. The van der Waals surface area contributed by atoms with Gasteiger partial charge < -0.3 is 4.74 Å². The molecule has 4 heterocycles. The molecule has 3 aliphatic rings. The average Bonchev–Trinajstić information content (AvgIpc) is 3.07. The third kappa shape index (κ3) is 3.23. The van der Waals surface area contributed by atoms with Crippen molar-refractivity contribution in [2.75, 3.05) is 46.4 Å². The standard InChI is InChI=1S/C17H25N3O3S/c1-18-11-17(12-19(13-17)9-14-5-4-8-24-14)22-10-15(18)16(21)20-6-2-3-7-23-20/h4-5,8,15H,2-3,6-7,9-13H2,1H3. The highest BCUT2D eigenvalue weighted by Gasteiger charge is 2.50. The second-order valence-electron chi connectivity index (χ2n) is 7.13. The first-order valence-electron chi connectivity index (χ1n) is 8.68. The Morgan fingerprint density at radius 1 is 1.38 bits per heavy atom. The van der Waals surface area contributed by atoms with Crippen LogP contribution in [0.5, 0.6) is 0 Å². The highest BCUT2D eigenvalue weighted by molar-refractivity contribution is 7.09. The highest BCUT2D eigenvalue weighted by atomic mass is 32.1. The second kappa shape index (κ2) is 6.72. The Morgan fingerprint density at radius 2 is 2.25 bits per heavy atom. The normalized spacial score (nSPS) is 28.0. The molecule has 0 N–H and O–H groups in total. The molecule has 1 aromatic rings. The van der Waals surface area contributed by atoms with Crippen molar-refractivity contribution >= 4 is 17.2 Å². The maximum Gasteiger partial charge on any atom is 0.265 e. The van der Waals surface area contributed by atoms with Crippen molar-refractivity contribution < 1.29 is 14.4 Å². The van der Waals surface area contributed by atoms with E-state index in [0.29, 0.717) is 19.8 Å². The molecular weight excluding hydrogens is 326 g/mol. The molecule has 3 aliphatic heterocycles. The molecule has 0 radical (unpaired) electrons. The molecular formula is C17H25N3O3S. The van der Waals surface area contributed by atoms with E-state index in [1.165, 1.54) is 9.94 Å². The zero-order valence-electron chi connectivity index (χ0n) is 14.1. The number of hydrogen-bond donors (Lipinski definition) is 0. The molecule has 4 rings (SSSR count). The Hall–Kier alpha value is -0.990. The Morgan fingerprint density at radius 3 is 2.92 bits per heavy atom. The Bertz CT molecular complexity index is 568. The summed E-state index contributed by atoms with van der Waals surface area (Å²) in [5, 5.41) is 3.66. The van der Waals surface area contributed by atoms with Crippen LogP contribution in [0.2, 0.25) is 0 Å². The van der Waals surface area contributed by atoms with E-state index < -0.39 is 0 Å². The lowest BCUT2D eigenvalue weighted by molar-refractivity contribution is -0.224. The van der Waals surface area contributed by atoms with Crippen LogP contribution in [0.4, 0.5) is 0 Å². The minimum absolute atomic E-state index is 0.0433. The van der Waals surface area contributed by atoms with E-state index >= 15 is 0 Å². The van der Waals surface area contributed by atoms with E-state index in [1.807, 2.05) is 7.05 Å². The molecule has 1 atom stereocenters. The second-order valence-corrected chi connectivity index (χ2v) is 8.16. The summed E-state index contributed by atoms with van der Waals surface area (Å²) in [5.74, 6) is 0.0433. The maximum absolute atomic E-state index is 12.6. The number of likely N-dealkylation sites (tertiary alicyclic amines) is 1. The van der Waals surface area contributed by atoms with Crippen LogP contribution >= 0.6 is 11.3 Å². The summed E-state index contributed by atoms with van der Waals surface area (Å²) in [7, 11) is 2.03. The van der Waals surface area contributed by atoms with Gasteiger partial charge in [0, 0.05) is 37.6 Å². The van der Waals surface area contributed by atoms with Crippen LogP contribution in [-0.4, -0.2) is 78.9 Å². The molecule has 0 saturated carbocycles. The molecule has 7 heteroatoms. The van der Waals surface area contributed by atoms with Gasteiger partial charge in [0.2, 0.25) is 0 Å². The lowest BCUT2D eigenvalue weighted by Gasteiger charge is -2.55. The number of nitrogens with zero attached hydrogens (tertiary/aromatic N) is 3. The number of likely N-dealkylation sites (N-methyl/N-ethyl adjacent to an activating group) is 1. The SMILES string of the molecule is CN1CC2(CN(Cc3cccs3)C2)OCC1C(=O)N1CCCCO1. The number of carbonyl (C=O) groups is 1. The van der Waals surface area contributed by atoms with Gasteiger partial charge in [0.15, 0.2) is 0 Å². The van der Waals surface area contributed by atoms with Crippen molar-refractivity contribution in [2.24, 2.45) is 0 Å². The van der Waals surface area contributed by atoms with Crippen LogP contribution in [0.15, 0.2) is 17.5 Å². The molecule has 1 amide bonds. The molecule has 3 fully saturated rings. The number of amides is 1. The number of carbonyl (C=O) groups excluding carboxylic acids is 1. The highest BCUT2D eigenvalue weighted by Crippen LogP contribution is 2.32. The number of morpholine rings is 1. The average molecular weight is 351 g/mol. The van der Waals surface area contributed by atoms with Gasteiger partial charge in [0.05, 0.1) is 13.2 Å². The van der Waals surface area contributed by atoms with Crippen LogP contribution in [0.1, 0.15) is 17.7 Å². The molecule has 0 aromatic carbocycles. The zero-order valence-corrected chi connectivity index (χ0v) is 15.0. The first kappa shape index (κ1) is 16.5.